The Morgan fingerprint density at radius 1 is 1.42 bits per heavy atom. The molecular formula is C15H18N2O2. The van der Waals surface area contributed by atoms with Gasteiger partial charge in [-0.25, -0.2) is 4.79 Å². The van der Waals surface area contributed by atoms with Crippen LogP contribution in [0, 0.1) is 11.3 Å². The molecule has 1 N–H and O–H groups in total. The summed E-state index contributed by atoms with van der Waals surface area (Å²) in [7, 11) is 0. The van der Waals surface area contributed by atoms with Crippen molar-refractivity contribution < 1.29 is 9.53 Å². The maximum Gasteiger partial charge on any atom is 0.350 e. The van der Waals surface area contributed by atoms with E-state index in [1.165, 1.54) is 6.20 Å². The van der Waals surface area contributed by atoms with Gasteiger partial charge in [-0.1, -0.05) is 37.3 Å². The van der Waals surface area contributed by atoms with Crippen molar-refractivity contribution in [3.63, 3.8) is 0 Å². The van der Waals surface area contributed by atoms with Crippen molar-refractivity contribution in [2.45, 2.75) is 26.3 Å². The zero-order valence-electron chi connectivity index (χ0n) is 11.2. The van der Waals surface area contributed by atoms with E-state index in [1.54, 1.807) is 6.92 Å². The third-order valence-corrected chi connectivity index (χ3v) is 2.65. The third kappa shape index (κ3) is 4.47. The highest BCUT2D eigenvalue weighted by Gasteiger charge is 2.11. The Labute approximate surface area is 113 Å². The van der Waals surface area contributed by atoms with Gasteiger partial charge in [0.15, 0.2) is 5.57 Å². The number of rotatable bonds is 6. The highest BCUT2D eigenvalue weighted by Crippen LogP contribution is 2.16. The first-order chi connectivity index (χ1) is 9.22. The van der Waals surface area contributed by atoms with Gasteiger partial charge in [0.2, 0.25) is 0 Å². The van der Waals surface area contributed by atoms with Gasteiger partial charge in [0.1, 0.15) is 6.07 Å². The summed E-state index contributed by atoms with van der Waals surface area (Å²) in [5, 5.41) is 12.0. The van der Waals surface area contributed by atoms with Crippen LogP contribution in [0.15, 0.2) is 42.1 Å². The Hall–Kier alpha value is -2.28. The summed E-state index contributed by atoms with van der Waals surface area (Å²) in [5.41, 5.74) is 1.10. The summed E-state index contributed by atoms with van der Waals surface area (Å²) in [6.45, 7) is 4.00. The van der Waals surface area contributed by atoms with Gasteiger partial charge < -0.3 is 10.1 Å². The molecule has 1 aromatic rings. The Balaban J connectivity index is 2.76. The smallest absolute Gasteiger partial charge is 0.350 e. The molecule has 1 unspecified atom stereocenters. The van der Waals surface area contributed by atoms with Gasteiger partial charge >= 0.3 is 5.97 Å². The van der Waals surface area contributed by atoms with Crippen molar-refractivity contribution in [3.8, 4) is 6.07 Å². The molecule has 4 heteroatoms. The molecule has 0 saturated carbocycles. The molecule has 100 valence electrons. The summed E-state index contributed by atoms with van der Waals surface area (Å²) < 4.78 is 4.80. The first-order valence-electron chi connectivity index (χ1n) is 6.31. The van der Waals surface area contributed by atoms with E-state index in [0.29, 0.717) is 0 Å². The molecule has 19 heavy (non-hydrogen) atoms. The van der Waals surface area contributed by atoms with Crippen LogP contribution in [0.4, 0.5) is 0 Å². The second-order valence-corrected chi connectivity index (χ2v) is 3.93. The number of carbonyl (C=O) groups excluding carboxylic acids is 1. The first kappa shape index (κ1) is 14.8. The van der Waals surface area contributed by atoms with E-state index in [2.05, 4.69) is 5.32 Å². The molecule has 0 aliphatic carbocycles. The van der Waals surface area contributed by atoms with Gasteiger partial charge in [-0.3, -0.25) is 0 Å². The van der Waals surface area contributed by atoms with Crippen molar-refractivity contribution in [2.75, 3.05) is 6.61 Å². The van der Waals surface area contributed by atoms with Gasteiger partial charge in [-0.05, 0) is 18.9 Å². The molecule has 0 fully saturated rings. The van der Waals surface area contributed by atoms with Crippen LogP contribution >= 0.6 is 0 Å². The lowest BCUT2D eigenvalue weighted by Gasteiger charge is -2.15. The lowest BCUT2D eigenvalue weighted by Crippen LogP contribution is -2.17. The summed E-state index contributed by atoms with van der Waals surface area (Å²) in [5.74, 6) is -0.597. The molecular weight excluding hydrogens is 240 g/mol. The molecule has 0 radical (unpaired) electrons. The van der Waals surface area contributed by atoms with Crippen LogP contribution in [0.5, 0.6) is 0 Å². The molecule has 0 amide bonds. The molecule has 1 rings (SSSR count). The van der Waals surface area contributed by atoms with Crippen molar-refractivity contribution in [2.24, 2.45) is 0 Å². The van der Waals surface area contributed by atoms with E-state index < -0.39 is 5.97 Å². The molecule has 1 aromatic carbocycles. The molecule has 0 aromatic heterocycles. The summed E-state index contributed by atoms with van der Waals surface area (Å²) in [6.07, 6.45) is 2.28. The van der Waals surface area contributed by atoms with E-state index in [4.69, 9.17) is 10.00 Å². The molecule has 1 atom stereocenters. The Morgan fingerprint density at radius 3 is 2.63 bits per heavy atom. The normalized spacial score (nSPS) is 12.4. The minimum absolute atomic E-state index is 0.0174. The summed E-state index contributed by atoms with van der Waals surface area (Å²) >= 11 is 0. The van der Waals surface area contributed by atoms with E-state index in [9.17, 15) is 4.79 Å². The van der Waals surface area contributed by atoms with Crippen molar-refractivity contribution >= 4 is 5.97 Å². The fourth-order valence-electron chi connectivity index (χ4n) is 1.66. The van der Waals surface area contributed by atoms with Crippen LogP contribution in [0.25, 0.3) is 0 Å². The van der Waals surface area contributed by atoms with E-state index in [-0.39, 0.29) is 18.2 Å². The first-order valence-corrected chi connectivity index (χ1v) is 6.31. The fourth-order valence-corrected chi connectivity index (χ4v) is 1.66. The van der Waals surface area contributed by atoms with E-state index in [0.717, 1.165) is 12.0 Å². The average Bonchev–Trinajstić information content (AvgIpc) is 2.45. The maximum atomic E-state index is 11.5. The molecule has 0 heterocycles. The predicted octanol–water partition coefficient (Wildman–Crippen LogP) is 2.70. The van der Waals surface area contributed by atoms with Gasteiger partial charge in [0, 0.05) is 6.20 Å². The van der Waals surface area contributed by atoms with Gasteiger partial charge in [-0.15, -0.1) is 0 Å². The largest absolute Gasteiger partial charge is 0.462 e. The lowest BCUT2D eigenvalue weighted by molar-refractivity contribution is -0.138. The average molecular weight is 258 g/mol. The zero-order valence-corrected chi connectivity index (χ0v) is 11.2. The van der Waals surface area contributed by atoms with E-state index in [1.807, 2.05) is 43.3 Å². The number of nitrogens with zero attached hydrogens (tertiary/aromatic N) is 1. The van der Waals surface area contributed by atoms with Crippen molar-refractivity contribution in [1.82, 2.24) is 5.32 Å². The van der Waals surface area contributed by atoms with Crippen LogP contribution in [-0.4, -0.2) is 12.6 Å². The molecule has 0 spiro atoms. The van der Waals surface area contributed by atoms with Crippen LogP contribution < -0.4 is 5.32 Å². The minimum Gasteiger partial charge on any atom is -0.462 e. The summed E-state index contributed by atoms with van der Waals surface area (Å²) in [6, 6.07) is 11.8. The van der Waals surface area contributed by atoms with Crippen LogP contribution in [0.3, 0.4) is 0 Å². The second kappa shape index (κ2) is 7.93. The highest BCUT2D eigenvalue weighted by molar-refractivity contribution is 5.92. The molecule has 0 saturated heterocycles. The number of benzene rings is 1. The van der Waals surface area contributed by atoms with Crippen molar-refractivity contribution in [1.29, 1.82) is 5.26 Å². The number of nitrogens with one attached hydrogen (secondary N) is 1. The van der Waals surface area contributed by atoms with E-state index >= 15 is 0 Å². The monoisotopic (exact) mass is 258 g/mol. The number of hydrogen-bond donors (Lipinski definition) is 1. The molecule has 0 aliphatic rings. The van der Waals surface area contributed by atoms with Gasteiger partial charge in [-0.2, -0.15) is 5.26 Å². The fraction of sp³-hybridized carbons (Fsp3) is 0.333. The quantitative estimate of drug-likeness (QED) is 0.484. The highest BCUT2D eigenvalue weighted by atomic mass is 16.5. The Kier molecular flexibility index (Phi) is 6.17. The second-order valence-electron chi connectivity index (χ2n) is 3.93. The number of carbonyl (C=O) groups is 1. The molecule has 0 bridgehead atoms. The Morgan fingerprint density at radius 2 is 2.11 bits per heavy atom. The predicted molar refractivity (Wildman–Crippen MR) is 72.9 cm³/mol. The van der Waals surface area contributed by atoms with Crippen molar-refractivity contribution in [3.05, 3.63) is 47.7 Å². The van der Waals surface area contributed by atoms with Crippen LogP contribution in [-0.2, 0) is 9.53 Å². The van der Waals surface area contributed by atoms with Gasteiger partial charge in [0.05, 0.1) is 12.6 Å². The number of hydrogen-bond acceptors (Lipinski definition) is 4. The Bertz CT molecular complexity index is 475. The van der Waals surface area contributed by atoms with Gasteiger partial charge in [0.25, 0.3) is 0 Å². The molecule has 0 aliphatic heterocycles. The molecule has 4 nitrogen and oxygen atoms in total. The number of esters is 1. The van der Waals surface area contributed by atoms with Crippen LogP contribution in [0.1, 0.15) is 31.9 Å². The standard InChI is InChI=1S/C15H18N2O2/c1-3-14(12-8-6-5-7-9-12)17-11-13(10-16)15(18)19-4-2/h5-9,11,14,17H,3-4H2,1-2H3/b13-11-. The minimum atomic E-state index is -0.597. The lowest BCUT2D eigenvalue weighted by atomic mass is 10.1. The third-order valence-electron chi connectivity index (χ3n) is 2.65. The zero-order chi connectivity index (χ0) is 14.1. The summed E-state index contributed by atoms with van der Waals surface area (Å²) in [4.78, 5) is 11.5. The maximum absolute atomic E-state index is 11.5. The number of nitriles is 1. The SMILES string of the molecule is CCOC(=O)/C(C#N)=C\NC(CC)c1ccccc1. The topological polar surface area (TPSA) is 62.1 Å². The van der Waals surface area contributed by atoms with Crippen LogP contribution in [0.2, 0.25) is 0 Å². The number of ether oxygens (including phenoxy) is 1.